The monoisotopic (exact) mass is 574 g/mol. The molecule has 1 heterocycles. The van der Waals surface area contributed by atoms with E-state index in [0.717, 1.165) is 22.0 Å². The van der Waals surface area contributed by atoms with Crippen molar-refractivity contribution in [2.24, 2.45) is 0 Å². The standard InChI is InChI=1S/C34H30N4O5/c39-31(19-18-22-10-2-1-3-11-22)36-28-16-8-5-13-25(28)32(40)37-29-17-9-6-14-26(29)33(41)38-30(34(42)43)20-23-21-35-27-15-7-4-12-24(23)27/h1-17,21,30,35H,18-20H2,(H,36,39)(H,37,40)(H,38,41)(H,42,43). The number of carbonyl (C=O) groups is 4. The van der Waals surface area contributed by atoms with Crippen LogP contribution < -0.4 is 16.0 Å². The minimum atomic E-state index is -1.21. The van der Waals surface area contributed by atoms with Gasteiger partial charge in [0.15, 0.2) is 0 Å². The normalized spacial score (nSPS) is 11.4. The number of para-hydroxylation sites is 3. The minimum absolute atomic E-state index is 0.0664. The van der Waals surface area contributed by atoms with E-state index in [1.165, 1.54) is 6.07 Å². The lowest BCUT2D eigenvalue weighted by Crippen LogP contribution is -2.42. The smallest absolute Gasteiger partial charge is 0.326 e. The van der Waals surface area contributed by atoms with Crippen LogP contribution in [0.4, 0.5) is 11.4 Å². The number of aliphatic carboxylic acids is 1. The average Bonchev–Trinajstić information content (AvgIpc) is 3.43. The molecule has 9 heteroatoms. The summed E-state index contributed by atoms with van der Waals surface area (Å²) in [6, 6.07) is 28.9. The summed E-state index contributed by atoms with van der Waals surface area (Å²) in [6.45, 7) is 0. The van der Waals surface area contributed by atoms with E-state index in [1.807, 2.05) is 54.6 Å². The van der Waals surface area contributed by atoms with Crippen LogP contribution in [0.2, 0.25) is 0 Å². The Morgan fingerprint density at radius 2 is 1.30 bits per heavy atom. The Morgan fingerprint density at radius 1 is 0.698 bits per heavy atom. The first kappa shape index (κ1) is 28.8. The van der Waals surface area contributed by atoms with Crippen LogP contribution in [0.5, 0.6) is 0 Å². The van der Waals surface area contributed by atoms with Crippen molar-refractivity contribution in [3.05, 3.63) is 132 Å². The van der Waals surface area contributed by atoms with E-state index in [9.17, 15) is 24.3 Å². The zero-order valence-electron chi connectivity index (χ0n) is 23.2. The number of nitrogens with one attached hydrogen (secondary N) is 4. The first-order chi connectivity index (χ1) is 20.9. The molecule has 0 aliphatic carbocycles. The third-order valence-electron chi connectivity index (χ3n) is 7.05. The van der Waals surface area contributed by atoms with Gasteiger partial charge < -0.3 is 26.0 Å². The number of amides is 3. The Morgan fingerprint density at radius 3 is 2.02 bits per heavy atom. The Kier molecular flexibility index (Phi) is 8.92. The molecule has 0 aliphatic rings. The van der Waals surface area contributed by atoms with Gasteiger partial charge in [-0.25, -0.2) is 4.79 Å². The Labute approximate surface area is 248 Å². The first-order valence-electron chi connectivity index (χ1n) is 13.8. The number of fused-ring (bicyclic) bond motifs is 1. The van der Waals surface area contributed by atoms with Gasteiger partial charge in [-0.1, -0.05) is 72.8 Å². The van der Waals surface area contributed by atoms with Crippen molar-refractivity contribution in [1.82, 2.24) is 10.3 Å². The summed E-state index contributed by atoms with van der Waals surface area (Å²) in [6.07, 6.45) is 2.60. The number of carbonyl (C=O) groups excluding carboxylic acids is 3. The van der Waals surface area contributed by atoms with Crippen LogP contribution in [0.25, 0.3) is 10.9 Å². The van der Waals surface area contributed by atoms with Crippen molar-refractivity contribution in [2.75, 3.05) is 10.6 Å². The summed E-state index contributed by atoms with van der Waals surface area (Å²) in [7, 11) is 0. The Bertz CT molecular complexity index is 1780. The van der Waals surface area contributed by atoms with Crippen LogP contribution >= 0.6 is 0 Å². The van der Waals surface area contributed by atoms with Crippen molar-refractivity contribution in [3.63, 3.8) is 0 Å². The summed E-state index contributed by atoms with van der Waals surface area (Å²) in [5.41, 5.74) is 3.51. The van der Waals surface area contributed by atoms with Crippen LogP contribution in [-0.2, 0) is 22.4 Å². The second kappa shape index (κ2) is 13.3. The lowest BCUT2D eigenvalue weighted by atomic mass is 10.0. The van der Waals surface area contributed by atoms with Gasteiger partial charge >= 0.3 is 5.97 Å². The number of aromatic amines is 1. The molecule has 1 aromatic heterocycles. The maximum atomic E-state index is 13.3. The van der Waals surface area contributed by atoms with Crippen molar-refractivity contribution in [3.8, 4) is 0 Å². The van der Waals surface area contributed by atoms with Crippen LogP contribution in [0, 0.1) is 0 Å². The fourth-order valence-corrected chi connectivity index (χ4v) is 4.84. The quantitative estimate of drug-likeness (QED) is 0.143. The summed E-state index contributed by atoms with van der Waals surface area (Å²) in [4.78, 5) is 54.5. The molecule has 0 saturated carbocycles. The molecular formula is C34H30N4O5. The van der Waals surface area contributed by atoms with Gasteiger partial charge in [0, 0.05) is 29.9 Å². The van der Waals surface area contributed by atoms with Gasteiger partial charge in [-0.05, 0) is 47.9 Å². The molecule has 216 valence electrons. The number of H-pyrrole nitrogens is 1. The van der Waals surface area contributed by atoms with Crippen LogP contribution in [-0.4, -0.2) is 39.8 Å². The summed E-state index contributed by atoms with van der Waals surface area (Å²) < 4.78 is 0. The number of anilines is 2. The topological polar surface area (TPSA) is 140 Å². The molecule has 0 radical (unpaired) electrons. The molecule has 43 heavy (non-hydrogen) atoms. The molecule has 5 rings (SSSR count). The third kappa shape index (κ3) is 7.15. The number of hydrogen-bond donors (Lipinski definition) is 5. The van der Waals surface area contributed by atoms with E-state index in [2.05, 4.69) is 20.9 Å². The molecular weight excluding hydrogens is 544 g/mol. The van der Waals surface area contributed by atoms with Gasteiger partial charge in [0.2, 0.25) is 5.91 Å². The van der Waals surface area contributed by atoms with Gasteiger partial charge in [-0.3, -0.25) is 14.4 Å². The minimum Gasteiger partial charge on any atom is -0.480 e. The summed E-state index contributed by atoms with van der Waals surface area (Å²) in [5, 5.41) is 18.9. The van der Waals surface area contributed by atoms with Gasteiger partial charge in [0.05, 0.1) is 22.5 Å². The number of hydrogen-bond acceptors (Lipinski definition) is 4. The van der Waals surface area contributed by atoms with Crippen molar-refractivity contribution < 1.29 is 24.3 Å². The third-order valence-corrected chi connectivity index (χ3v) is 7.05. The second-order valence-corrected chi connectivity index (χ2v) is 10.0. The number of carboxylic acid groups (broad SMARTS) is 1. The molecule has 0 spiro atoms. The maximum Gasteiger partial charge on any atom is 0.326 e. The lowest BCUT2D eigenvalue weighted by molar-refractivity contribution is -0.139. The lowest BCUT2D eigenvalue weighted by Gasteiger charge is -2.17. The van der Waals surface area contributed by atoms with E-state index in [4.69, 9.17) is 0 Å². The molecule has 3 amide bonds. The molecule has 1 atom stereocenters. The molecule has 1 unspecified atom stereocenters. The molecule has 5 aromatic rings. The molecule has 9 nitrogen and oxygen atoms in total. The molecule has 5 N–H and O–H groups in total. The van der Waals surface area contributed by atoms with Crippen molar-refractivity contribution >= 4 is 46.0 Å². The van der Waals surface area contributed by atoms with Gasteiger partial charge in [0.25, 0.3) is 11.8 Å². The number of aromatic nitrogens is 1. The van der Waals surface area contributed by atoms with E-state index in [1.54, 1.807) is 48.7 Å². The largest absolute Gasteiger partial charge is 0.480 e. The number of benzene rings is 4. The number of aryl methyl sites for hydroxylation is 1. The number of rotatable bonds is 11. The van der Waals surface area contributed by atoms with Crippen LogP contribution in [0.3, 0.4) is 0 Å². The summed E-state index contributed by atoms with van der Waals surface area (Å²) in [5.74, 6) is -2.60. The average molecular weight is 575 g/mol. The molecule has 0 bridgehead atoms. The van der Waals surface area contributed by atoms with Gasteiger partial charge in [-0.15, -0.1) is 0 Å². The van der Waals surface area contributed by atoms with Crippen LogP contribution in [0.1, 0.15) is 38.3 Å². The molecule has 4 aromatic carbocycles. The predicted molar refractivity (Wildman–Crippen MR) is 165 cm³/mol. The van der Waals surface area contributed by atoms with Crippen LogP contribution in [0.15, 0.2) is 109 Å². The highest BCUT2D eigenvalue weighted by Gasteiger charge is 2.24. The number of carboxylic acids is 1. The summed E-state index contributed by atoms with van der Waals surface area (Å²) >= 11 is 0. The highest BCUT2D eigenvalue weighted by Crippen LogP contribution is 2.22. The molecule has 0 aliphatic heterocycles. The highest BCUT2D eigenvalue weighted by molar-refractivity contribution is 6.13. The molecule has 0 saturated heterocycles. The highest BCUT2D eigenvalue weighted by atomic mass is 16.4. The zero-order chi connectivity index (χ0) is 30.2. The fraction of sp³-hybridized carbons (Fsp3) is 0.118. The first-order valence-corrected chi connectivity index (χ1v) is 13.8. The Balaban J connectivity index is 1.28. The van der Waals surface area contributed by atoms with E-state index < -0.39 is 23.8 Å². The van der Waals surface area contributed by atoms with E-state index in [0.29, 0.717) is 12.1 Å². The fourth-order valence-electron chi connectivity index (χ4n) is 4.84. The van der Waals surface area contributed by atoms with Gasteiger partial charge in [0.1, 0.15) is 6.04 Å². The van der Waals surface area contributed by atoms with Crippen molar-refractivity contribution in [2.45, 2.75) is 25.3 Å². The zero-order valence-corrected chi connectivity index (χ0v) is 23.2. The second-order valence-electron chi connectivity index (χ2n) is 10.0. The van der Waals surface area contributed by atoms with E-state index >= 15 is 0 Å². The van der Waals surface area contributed by atoms with Gasteiger partial charge in [-0.2, -0.15) is 0 Å². The predicted octanol–water partition coefficient (Wildman–Crippen LogP) is 5.42. The Hall–Kier alpha value is -5.70. The van der Waals surface area contributed by atoms with E-state index in [-0.39, 0.29) is 35.6 Å². The molecule has 0 fully saturated rings. The maximum absolute atomic E-state index is 13.3. The van der Waals surface area contributed by atoms with Crippen molar-refractivity contribution in [1.29, 1.82) is 0 Å². The SMILES string of the molecule is O=C(CCc1ccccc1)Nc1ccccc1C(=O)Nc1ccccc1C(=O)NC(Cc1c[nH]c2ccccc12)C(=O)O.